The van der Waals surface area contributed by atoms with Crippen LogP contribution in [0.3, 0.4) is 0 Å². The highest BCUT2D eigenvalue weighted by molar-refractivity contribution is 6.16. The van der Waals surface area contributed by atoms with Crippen LogP contribution in [0.25, 0.3) is 0 Å². The number of halogens is 1. The highest BCUT2D eigenvalue weighted by Crippen LogP contribution is 2.05. The lowest BCUT2D eigenvalue weighted by Gasteiger charge is -2.09. The largest absolute Gasteiger partial charge is 0.475 e. The summed E-state index contributed by atoms with van der Waals surface area (Å²) >= 11 is 5.58. The standard InChI is InChI=1S/C9H14ClN3O/c1-13(2)5-6-14-9-4-3-8(7-10)11-12-9/h3-4H,5-7H2,1-2H3. The zero-order valence-corrected chi connectivity index (χ0v) is 9.16. The summed E-state index contributed by atoms with van der Waals surface area (Å²) in [5, 5.41) is 7.75. The Morgan fingerprint density at radius 1 is 1.36 bits per heavy atom. The molecule has 0 aliphatic heterocycles. The summed E-state index contributed by atoms with van der Waals surface area (Å²) in [4.78, 5) is 2.04. The first-order chi connectivity index (χ1) is 6.72. The molecule has 0 amide bonds. The van der Waals surface area contributed by atoms with Crippen molar-refractivity contribution in [3.63, 3.8) is 0 Å². The van der Waals surface area contributed by atoms with Crippen LogP contribution in [-0.2, 0) is 5.88 Å². The number of ether oxygens (including phenoxy) is 1. The van der Waals surface area contributed by atoms with Crippen molar-refractivity contribution in [1.29, 1.82) is 0 Å². The molecule has 0 atom stereocenters. The van der Waals surface area contributed by atoms with Crippen molar-refractivity contribution < 1.29 is 4.74 Å². The first-order valence-electron chi connectivity index (χ1n) is 4.38. The van der Waals surface area contributed by atoms with Crippen LogP contribution in [-0.4, -0.2) is 42.3 Å². The van der Waals surface area contributed by atoms with Gasteiger partial charge in [0.2, 0.25) is 5.88 Å². The molecule has 0 aliphatic rings. The topological polar surface area (TPSA) is 38.2 Å². The van der Waals surface area contributed by atoms with Crippen LogP contribution in [0.4, 0.5) is 0 Å². The monoisotopic (exact) mass is 215 g/mol. The number of hydrogen-bond donors (Lipinski definition) is 0. The summed E-state index contributed by atoms with van der Waals surface area (Å²) in [6.07, 6.45) is 0. The number of nitrogens with zero attached hydrogens (tertiary/aromatic N) is 3. The molecule has 4 nitrogen and oxygen atoms in total. The molecule has 0 fully saturated rings. The predicted octanol–water partition coefficient (Wildman–Crippen LogP) is 1.16. The van der Waals surface area contributed by atoms with Gasteiger partial charge in [-0.2, -0.15) is 5.10 Å². The molecular formula is C9H14ClN3O. The normalized spacial score (nSPS) is 10.6. The fourth-order valence-corrected chi connectivity index (χ4v) is 0.971. The Balaban J connectivity index is 2.36. The summed E-state index contributed by atoms with van der Waals surface area (Å²) < 4.78 is 5.36. The van der Waals surface area contributed by atoms with Crippen molar-refractivity contribution in [1.82, 2.24) is 15.1 Å². The summed E-state index contributed by atoms with van der Waals surface area (Å²) in [5.41, 5.74) is 0.756. The Labute approximate surface area is 88.8 Å². The van der Waals surface area contributed by atoms with Crippen LogP contribution in [0.2, 0.25) is 0 Å². The number of aromatic nitrogens is 2. The molecule has 1 aromatic heterocycles. The first kappa shape index (κ1) is 11.2. The lowest BCUT2D eigenvalue weighted by Crippen LogP contribution is -2.19. The van der Waals surface area contributed by atoms with Crippen LogP contribution < -0.4 is 4.74 Å². The second-order valence-corrected chi connectivity index (χ2v) is 3.42. The first-order valence-corrected chi connectivity index (χ1v) is 4.92. The second kappa shape index (κ2) is 5.78. The van der Waals surface area contributed by atoms with E-state index in [2.05, 4.69) is 10.2 Å². The van der Waals surface area contributed by atoms with Gasteiger partial charge in [0.25, 0.3) is 0 Å². The van der Waals surface area contributed by atoms with Crippen LogP contribution in [0.1, 0.15) is 5.69 Å². The molecule has 0 N–H and O–H groups in total. The average molecular weight is 216 g/mol. The van der Waals surface area contributed by atoms with Gasteiger partial charge in [-0.3, -0.25) is 0 Å². The van der Waals surface area contributed by atoms with Crippen molar-refractivity contribution >= 4 is 11.6 Å². The third kappa shape index (κ3) is 3.89. The Morgan fingerprint density at radius 2 is 2.14 bits per heavy atom. The molecule has 1 rings (SSSR count). The molecule has 0 spiro atoms. The van der Waals surface area contributed by atoms with Gasteiger partial charge in [-0.05, 0) is 20.2 Å². The summed E-state index contributed by atoms with van der Waals surface area (Å²) in [7, 11) is 3.98. The number of hydrogen-bond acceptors (Lipinski definition) is 4. The highest BCUT2D eigenvalue weighted by Gasteiger charge is 1.97. The van der Waals surface area contributed by atoms with Gasteiger partial charge in [-0.15, -0.1) is 16.7 Å². The van der Waals surface area contributed by atoms with Crippen molar-refractivity contribution in [2.24, 2.45) is 0 Å². The summed E-state index contributed by atoms with van der Waals surface area (Å²) in [6, 6.07) is 3.59. The SMILES string of the molecule is CN(C)CCOc1ccc(CCl)nn1. The quantitative estimate of drug-likeness (QED) is 0.691. The minimum Gasteiger partial charge on any atom is -0.475 e. The molecule has 1 aromatic rings. The van der Waals surface area contributed by atoms with Gasteiger partial charge in [0.05, 0.1) is 11.6 Å². The van der Waals surface area contributed by atoms with E-state index in [1.165, 1.54) is 0 Å². The number of alkyl halides is 1. The smallest absolute Gasteiger partial charge is 0.233 e. The van der Waals surface area contributed by atoms with E-state index in [-0.39, 0.29) is 0 Å². The highest BCUT2D eigenvalue weighted by atomic mass is 35.5. The lowest BCUT2D eigenvalue weighted by atomic mass is 10.4. The van der Waals surface area contributed by atoms with Crippen LogP contribution in [0, 0.1) is 0 Å². The maximum atomic E-state index is 5.58. The molecule has 0 unspecified atom stereocenters. The van der Waals surface area contributed by atoms with Crippen LogP contribution in [0.5, 0.6) is 5.88 Å². The fraction of sp³-hybridized carbons (Fsp3) is 0.556. The van der Waals surface area contributed by atoms with E-state index in [4.69, 9.17) is 16.3 Å². The number of rotatable bonds is 5. The van der Waals surface area contributed by atoms with Gasteiger partial charge in [-0.1, -0.05) is 0 Å². The fourth-order valence-electron chi connectivity index (χ4n) is 0.829. The van der Waals surface area contributed by atoms with E-state index in [1.54, 1.807) is 6.07 Å². The minimum absolute atomic E-state index is 0.380. The van der Waals surface area contributed by atoms with Crippen molar-refractivity contribution in [2.75, 3.05) is 27.2 Å². The van der Waals surface area contributed by atoms with Gasteiger partial charge >= 0.3 is 0 Å². The molecule has 0 radical (unpaired) electrons. The van der Waals surface area contributed by atoms with Gasteiger partial charge in [-0.25, -0.2) is 0 Å². The average Bonchev–Trinajstić information content (AvgIpc) is 2.18. The minimum atomic E-state index is 0.380. The summed E-state index contributed by atoms with van der Waals surface area (Å²) in [6.45, 7) is 1.47. The van der Waals surface area contributed by atoms with Gasteiger partial charge in [0, 0.05) is 12.6 Å². The molecule has 0 bridgehead atoms. The van der Waals surface area contributed by atoms with Crippen molar-refractivity contribution in [2.45, 2.75) is 5.88 Å². The molecule has 0 saturated carbocycles. The van der Waals surface area contributed by atoms with E-state index in [0.29, 0.717) is 18.4 Å². The Bertz CT molecular complexity index is 263. The van der Waals surface area contributed by atoms with Crippen LogP contribution in [0.15, 0.2) is 12.1 Å². The zero-order chi connectivity index (χ0) is 10.4. The van der Waals surface area contributed by atoms with E-state index >= 15 is 0 Å². The summed E-state index contributed by atoms with van der Waals surface area (Å²) in [5.74, 6) is 0.922. The zero-order valence-electron chi connectivity index (χ0n) is 8.40. The number of likely N-dealkylation sites (N-methyl/N-ethyl adjacent to an activating group) is 1. The Hall–Kier alpha value is -0.870. The van der Waals surface area contributed by atoms with E-state index < -0.39 is 0 Å². The van der Waals surface area contributed by atoms with Gasteiger partial charge in [0.1, 0.15) is 6.61 Å². The molecular weight excluding hydrogens is 202 g/mol. The van der Waals surface area contributed by atoms with Gasteiger partial charge < -0.3 is 9.64 Å². The molecule has 78 valence electrons. The third-order valence-corrected chi connectivity index (χ3v) is 1.89. The van der Waals surface area contributed by atoms with E-state index in [1.807, 2.05) is 25.1 Å². The molecule has 1 heterocycles. The lowest BCUT2D eigenvalue weighted by molar-refractivity contribution is 0.251. The predicted molar refractivity (Wildman–Crippen MR) is 55.6 cm³/mol. The van der Waals surface area contributed by atoms with Gasteiger partial charge in [0.15, 0.2) is 0 Å². The second-order valence-electron chi connectivity index (χ2n) is 3.15. The Kier molecular flexibility index (Phi) is 4.62. The molecule has 0 saturated heterocycles. The van der Waals surface area contributed by atoms with Crippen molar-refractivity contribution in [3.05, 3.63) is 17.8 Å². The van der Waals surface area contributed by atoms with Crippen LogP contribution >= 0.6 is 11.6 Å². The van der Waals surface area contributed by atoms with Crippen molar-refractivity contribution in [3.8, 4) is 5.88 Å². The molecule has 5 heteroatoms. The molecule has 0 aromatic carbocycles. The molecule has 14 heavy (non-hydrogen) atoms. The Morgan fingerprint density at radius 3 is 2.64 bits per heavy atom. The molecule has 0 aliphatic carbocycles. The maximum absolute atomic E-state index is 5.58. The third-order valence-electron chi connectivity index (χ3n) is 1.62. The maximum Gasteiger partial charge on any atom is 0.233 e. The van der Waals surface area contributed by atoms with E-state index in [0.717, 1.165) is 12.2 Å². The van der Waals surface area contributed by atoms with E-state index in [9.17, 15) is 0 Å².